The molecular weight excluding hydrogens is 248 g/mol. The number of hydrogen-bond acceptors (Lipinski definition) is 2. The summed E-state index contributed by atoms with van der Waals surface area (Å²) in [6.45, 7) is 1.88. The maximum atomic E-state index is 12.4. The van der Waals surface area contributed by atoms with Gasteiger partial charge in [0.15, 0.2) is 5.78 Å². The van der Waals surface area contributed by atoms with E-state index in [9.17, 15) is 4.79 Å². The highest BCUT2D eigenvalue weighted by molar-refractivity contribution is 6.32. The van der Waals surface area contributed by atoms with Crippen LogP contribution in [0, 0.1) is 6.92 Å². The molecule has 18 heavy (non-hydrogen) atoms. The second-order valence-electron chi connectivity index (χ2n) is 4.00. The zero-order valence-corrected chi connectivity index (χ0v) is 11.0. The lowest BCUT2D eigenvalue weighted by atomic mass is 10.0. The van der Waals surface area contributed by atoms with E-state index in [1.165, 1.54) is 0 Å². The second-order valence-corrected chi connectivity index (χ2v) is 4.40. The summed E-state index contributed by atoms with van der Waals surface area (Å²) >= 11 is 6.07. The molecule has 0 aliphatic heterocycles. The molecule has 0 atom stereocenters. The predicted octanol–water partition coefficient (Wildman–Crippen LogP) is 3.89. The van der Waals surface area contributed by atoms with Crippen LogP contribution in [0.3, 0.4) is 0 Å². The third-order valence-corrected chi connectivity index (χ3v) is 3.17. The van der Waals surface area contributed by atoms with Crippen molar-refractivity contribution in [2.45, 2.75) is 6.92 Å². The van der Waals surface area contributed by atoms with Crippen molar-refractivity contribution >= 4 is 17.4 Å². The highest BCUT2D eigenvalue weighted by Crippen LogP contribution is 2.28. The molecule has 0 aliphatic carbocycles. The third-order valence-electron chi connectivity index (χ3n) is 2.76. The monoisotopic (exact) mass is 260 g/mol. The minimum atomic E-state index is -0.0886. The molecular formula is C15H13ClO2. The number of aryl methyl sites for hydroxylation is 1. The van der Waals surface area contributed by atoms with Crippen LogP contribution >= 0.6 is 11.6 Å². The summed E-state index contributed by atoms with van der Waals surface area (Å²) in [6.07, 6.45) is 0. The molecule has 0 bridgehead atoms. The molecule has 0 amide bonds. The smallest absolute Gasteiger partial charge is 0.196 e. The number of benzene rings is 2. The van der Waals surface area contributed by atoms with Gasteiger partial charge in [-0.15, -0.1) is 0 Å². The van der Waals surface area contributed by atoms with Crippen molar-refractivity contribution in [1.82, 2.24) is 0 Å². The topological polar surface area (TPSA) is 26.3 Å². The Hall–Kier alpha value is -1.80. The Balaban J connectivity index is 2.51. The Morgan fingerprint density at radius 3 is 2.44 bits per heavy atom. The fourth-order valence-corrected chi connectivity index (χ4v) is 1.91. The van der Waals surface area contributed by atoms with Crippen LogP contribution in [0.1, 0.15) is 21.5 Å². The van der Waals surface area contributed by atoms with E-state index < -0.39 is 0 Å². The first-order valence-electron chi connectivity index (χ1n) is 5.57. The fraction of sp³-hybridized carbons (Fsp3) is 0.133. The molecule has 3 heteroatoms. The van der Waals surface area contributed by atoms with Gasteiger partial charge in [-0.2, -0.15) is 0 Å². The van der Waals surface area contributed by atoms with E-state index in [1.54, 1.807) is 31.4 Å². The van der Waals surface area contributed by atoms with Crippen molar-refractivity contribution in [3.8, 4) is 5.75 Å². The number of carbonyl (C=O) groups is 1. The number of ketones is 1. The molecule has 0 fully saturated rings. The fourth-order valence-electron chi connectivity index (χ4n) is 1.75. The predicted molar refractivity (Wildman–Crippen MR) is 72.6 cm³/mol. The summed E-state index contributed by atoms with van der Waals surface area (Å²) in [4.78, 5) is 12.4. The lowest BCUT2D eigenvalue weighted by molar-refractivity contribution is 0.103. The van der Waals surface area contributed by atoms with Crippen LogP contribution in [0.2, 0.25) is 5.02 Å². The molecule has 0 spiro atoms. The van der Waals surface area contributed by atoms with Crippen LogP contribution in [-0.2, 0) is 0 Å². The van der Waals surface area contributed by atoms with Gasteiger partial charge in [0.25, 0.3) is 0 Å². The zero-order chi connectivity index (χ0) is 13.1. The van der Waals surface area contributed by atoms with Crippen molar-refractivity contribution in [3.63, 3.8) is 0 Å². The Kier molecular flexibility index (Phi) is 3.68. The highest BCUT2D eigenvalue weighted by atomic mass is 35.5. The average molecular weight is 261 g/mol. The van der Waals surface area contributed by atoms with Gasteiger partial charge in [0.2, 0.25) is 0 Å². The third kappa shape index (κ3) is 2.39. The quantitative estimate of drug-likeness (QED) is 0.783. The summed E-state index contributed by atoms with van der Waals surface area (Å²) in [7, 11) is 1.55. The van der Waals surface area contributed by atoms with Crippen LogP contribution < -0.4 is 4.74 Å². The minimum absolute atomic E-state index is 0.0886. The first-order valence-corrected chi connectivity index (χ1v) is 5.95. The number of hydrogen-bond donors (Lipinski definition) is 0. The van der Waals surface area contributed by atoms with E-state index in [-0.39, 0.29) is 5.78 Å². The summed E-state index contributed by atoms with van der Waals surface area (Å²) in [5, 5.41) is 0.565. The molecule has 2 nitrogen and oxygen atoms in total. The number of rotatable bonds is 3. The molecule has 0 saturated heterocycles. The Bertz CT molecular complexity index is 577. The summed E-state index contributed by atoms with van der Waals surface area (Å²) in [6, 6.07) is 12.5. The number of ether oxygens (including phenoxy) is 1. The van der Waals surface area contributed by atoms with Crippen LogP contribution in [0.5, 0.6) is 5.75 Å². The molecule has 0 aromatic heterocycles. The molecule has 0 heterocycles. The Morgan fingerprint density at radius 2 is 1.83 bits per heavy atom. The normalized spacial score (nSPS) is 10.2. The first kappa shape index (κ1) is 12.7. The maximum Gasteiger partial charge on any atom is 0.196 e. The molecule has 0 radical (unpaired) electrons. The standard InChI is InChI=1S/C15H13ClO2/c1-10-8-14(18-2)12(9-13(10)16)15(17)11-6-4-3-5-7-11/h3-9H,1-2H3. The second kappa shape index (κ2) is 5.23. The zero-order valence-electron chi connectivity index (χ0n) is 10.2. The lowest BCUT2D eigenvalue weighted by Gasteiger charge is -2.10. The van der Waals surface area contributed by atoms with Crippen LogP contribution in [0.25, 0.3) is 0 Å². The molecule has 0 unspecified atom stereocenters. The van der Waals surface area contributed by atoms with Gasteiger partial charge in [-0.05, 0) is 24.6 Å². The van der Waals surface area contributed by atoms with E-state index in [0.717, 1.165) is 5.56 Å². The van der Waals surface area contributed by atoms with E-state index >= 15 is 0 Å². The number of methoxy groups -OCH3 is 1. The summed E-state index contributed by atoms with van der Waals surface area (Å²) in [5.74, 6) is 0.458. The van der Waals surface area contributed by atoms with Gasteiger partial charge in [0.1, 0.15) is 5.75 Å². The van der Waals surface area contributed by atoms with E-state index in [2.05, 4.69) is 0 Å². The SMILES string of the molecule is COc1cc(C)c(Cl)cc1C(=O)c1ccccc1. The highest BCUT2D eigenvalue weighted by Gasteiger charge is 2.15. The first-order chi connectivity index (χ1) is 8.63. The van der Waals surface area contributed by atoms with Gasteiger partial charge in [-0.25, -0.2) is 0 Å². The molecule has 0 saturated carbocycles. The molecule has 2 aromatic carbocycles. The van der Waals surface area contributed by atoms with Crippen LogP contribution in [-0.4, -0.2) is 12.9 Å². The van der Waals surface area contributed by atoms with Crippen molar-refractivity contribution in [2.24, 2.45) is 0 Å². The van der Waals surface area contributed by atoms with Gasteiger partial charge < -0.3 is 4.74 Å². The van der Waals surface area contributed by atoms with Crippen LogP contribution in [0.15, 0.2) is 42.5 Å². The van der Waals surface area contributed by atoms with E-state index in [1.807, 2.05) is 25.1 Å². The molecule has 0 aliphatic rings. The van der Waals surface area contributed by atoms with Crippen LogP contribution in [0.4, 0.5) is 0 Å². The molecule has 0 N–H and O–H groups in total. The lowest BCUT2D eigenvalue weighted by Crippen LogP contribution is -2.04. The maximum absolute atomic E-state index is 12.4. The number of halogens is 1. The number of carbonyl (C=O) groups excluding carboxylic acids is 1. The van der Waals surface area contributed by atoms with Crippen molar-refractivity contribution in [1.29, 1.82) is 0 Å². The van der Waals surface area contributed by atoms with Gasteiger partial charge in [-0.1, -0.05) is 41.9 Å². The van der Waals surface area contributed by atoms with E-state index in [0.29, 0.717) is 21.9 Å². The molecule has 2 aromatic rings. The van der Waals surface area contributed by atoms with Crippen molar-refractivity contribution < 1.29 is 9.53 Å². The van der Waals surface area contributed by atoms with Crippen molar-refractivity contribution in [3.05, 3.63) is 64.2 Å². The Labute approximate surface area is 111 Å². The van der Waals surface area contributed by atoms with Gasteiger partial charge >= 0.3 is 0 Å². The van der Waals surface area contributed by atoms with Crippen molar-refractivity contribution in [2.75, 3.05) is 7.11 Å². The summed E-state index contributed by atoms with van der Waals surface area (Å²) in [5.41, 5.74) is 1.99. The molecule has 92 valence electrons. The van der Waals surface area contributed by atoms with E-state index in [4.69, 9.17) is 16.3 Å². The van der Waals surface area contributed by atoms with Gasteiger partial charge in [0, 0.05) is 10.6 Å². The average Bonchev–Trinajstić information content (AvgIpc) is 2.41. The largest absolute Gasteiger partial charge is 0.496 e. The van der Waals surface area contributed by atoms with Gasteiger partial charge in [0.05, 0.1) is 12.7 Å². The minimum Gasteiger partial charge on any atom is -0.496 e. The summed E-state index contributed by atoms with van der Waals surface area (Å²) < 4.78 is 5.24. The molecule has 2 rings (SSSR count). The Morgan fingerprint density at radius 1 is 1.17 bits per heavy atom. The van der Waals surface area contributed by atoms with Gasteiger partial charge in [-0.3, -0.25) is 4.79 Å².